The largest absolute Gasteiger partial charge is 0.504 e. The summed E-state index contributed by atoms with van der Waals surface area (Å²) in [4.78, 5) is 0. The van der Waals surface area contributed by atoms with Crippen LogP contribution in [0, 0.1) is 0 Å². The van der Waals surface area contributed by atoms with Gasteiger partial charge >= 0.3 is 0 Å². The molecule has 4 nitrogen and oxygen atoms in total. The van der Waals surface area contributed by atoms with Crippen molar-refractivity contribution in [2.45, 2.75) is 104 Å². The molecule has 0 unspecified atom stereocenters. The first kappa shape index (κ1) is 25.5. The molecule has 1 fully saturated rings. The van der Waals surface area contributed by atoms with Crippen molar-refractivity contribution in [1.82, 2.24) is 0 Å². The van der Waals surface area contributed by atoms with E-state index in [0.29, 0.717) is 5.75 Å². The van der Waals surface area contributed by atoms with Gasteiger partial charge in [0.1, 0.15) is 0 Å². The lowest BCUT2D eigenvalue weighted by Crippen LogP contribution is -2.36. The van der Waals surface area contributed by atoms with E-state index < -0.39 is 0 Å². The molecule has 2 rings (SSSR count). The molecule has 4 heteroatoms. The quantitative estimate of drug-likeness (QED) is 0.284. The third kappa shape index (κ3) is 9.49. The lowest BCUT2D eigenvalue weighted by Gasteiger charge is -2.33. The molecule has 1 aliphatic heterocycles. The number of unbranched alkanes of at least 4 members (excludes halogenated alkanes) is 2. The maximum Gasteiger partial charge on any atom is 0.177 e. The van der Waals surface area contributed by atoms with Crippen LogP contribution >= 0.6 is 0 Å². The van der Waals surface area contributed by atoms with Crippen LogP contribution in [0.25, 0.3) is 0 Å². The Morgan fingerprint density at radius 3 is 2.71 bits per heavy atom. The number of benzene rings is 1. The predicted octanol–water partition coefficient (Wildman–Crippen LogP) is 7.11. The predicted molar refractivity (Wildman–Crippen MR) is 128 cm³/mol. The Morgan fingerprint density at radius 1 is 1.16 bits per heavy atom. The van der Waals surface area contributed by atoms with Gasteiger partial charge in [0.05, 0.1) is 19.3 Å². The van der Waals surface area contributed by atoms with E-state index in [9.17, 15) is 5.11 Å². The number of hydrogen-bond donors (Lipinski definition) is 1. The zero-order chi connectivity index (χ0) is 22.6. The minimum Gasteiger partial charge on any atom is -0.504 e. The van der Waals surface area contributed by atoms with Crippen LogP contribution in [0.3, 0.4) is 0 Å². The smallest absolute Gasteiger partial charge is 0.177 e. The zero-order valence-electron chi connectivity index (χ0n) is 20.2. The maximum atomic E-state index is 9.77. The Labute approximate surface area is 189 Å². The van der Waals surface area contributed by atoms with Gasteiger partial charge in [-0.1, -0.05) is 43.1 Å². The molecular formula is C27H42O4. The lowest BCUT2D eigenvalue weighted by atomic mass is 10.0. The maximum absolute atomic E-state index is 9.77. The van der Waals surface area contributed by atoms with Crippen molar-refractivity contribution in [3.05, 3.63) is 47.1 Å². The van der Waals surface area contributed by atoms with Crippen molar-refractivity contribution in [1.29, 1.82) is 0 Å². The number of methoxy groups -OCH3 is 1. The summed E-state index contributed by atoms with van der Waals surface area (Å²) in [5.74, 6) is 0.693. The lowest BCUT2D eigenvalue weighted by molar-refractivity contribution is -0.216. The first-order valence-electron chi connectivity index (χ1n) is 11.9. The molecular weight excluding hydrogens is 388 g/mol. The van der Waals surface area contributed by atoms with Crippen LogP contribution in [0.15, 0.2) is 41.5 Å². The number of ether oxygens (including phenoxy) is 3. The highest BCUT2D eigenvalue weighted by Crippen LogP contribution is 2.28. The molecule has 0 radical (unpaired) electrons. The van der Waals surface area contributed by atoms with E-state index in [1.165, 1.54) is 36.8 Å². The minimum absolute atomic E-state index is 0.165. The van der Waals surface area contributed by atoms with E-state index in [1.54, 1.807) is 13.2 Å². The van der Waals surface area contributed by atoms with E-state index in [4.69, 9.17) is 14.2 Å². The van der Waals surface area contributed by atoms with Crippen molar-refractivity contribution >= 4 is 0 Å². The molecule has 3 atom stereocenters. The summed E-state index contributed by atoms with van der Waals surface area (Å²) >= 11 is 0. The van der Waals surface area contributed by atoms with Gasteiger partial charge in [-0.2, -0.15) is 0 Å². The van der Waals surface area contributed by atoms with Crippen molar-refractivity contribution in [3.8, 4) is 11.5 Å². The molecule has 1 aromatic rings. The van der Waals surface area contributed by atoms with Crippen LogP contribution in [-0.4, -0.2) is 30.7 Å². The van der Waals surface area contributed by atoms with E-state index in [2.05, 4.69) is 39.8 Å². The van der Waals surface area contributed by atoms with Crippen molar-refractivity contribution in [3.63, 3.8) is 0 Å². The number of rotatable bonds is 12. The van der Waals surface area contributed by atoms with Gasteiger partial charge < -0.3 is 19.3 Å². The van der Waals surface area contributed by atoms with Gasteiger partial charge in [0.25, 0.3) is 0 Å². The Hall–Kier alpha value is -1.78. The topological polar surface area (TPSA) is 47.9 Å². The fraction of sp³-hybridized carbons (Fsp3) is 0.630. The third-order valence-electron chi connectivity index (χ3n) is 5.91. The molecule has 1 N–H and O–H groups in total. The Balaban J connectivity index is 1.82. The average molecular weight is 431 g/mol. The highest BCUT2D eigenvalue weighted by Gasteiger charge is 2.26. The second-order valence-corrected chi connectivity index (χ2v) is 8.91. The molecule has 0 bridgehead atoms. The fourth-order valence-electron chi connectivity index (χ4n) is 4.02. The van der Waals surface area contributed by atoms with Crippen LogP contribution in [0.4, 0.5) is 0 Å². The summed E-state index contributed by atoms with van der Waals surface area (Å²) < 4.78 is 17.5. The van der Waals surface area contributed by atoms with E-state index >= 15 is 0 Å². The Kier molecular flexibility index (Phi) is 11.2. The van der Waals surface area contributed by atoms with Crippen molar-refractivity contribution in [2.24, 2.45) is 0 Å². The second kappa shape index (κ2) is 13.6. The van der Waals surface area contributed by atoms with E-state index in [0.717, 1.165) is 37.7 Å². The van der Waals surface area contributed by atoms with E-state index in [-0.39, 0.29) is 24.2 Å². The number of allylic oxidation sites excluding steroid dienone is 3. The highest BCUT2D eigenvalue weighted by atomic mass is 16.7. The van der Waals surface area contributed by atoms with Crippen LogP contribution in [-0.2, 0) is 15.9 Å². The molecule has 1 aromatic carbocycles. The summed E-state index contributed by atoms with van der Waals surface area (Å²) in [5, 5.41) is 9.77. The van der Waals surface area contributed by atoms with Gasteiger partial charge in [-0.3, -0.25) is 0 Å². The SMILES string of the molecule is CCCCC/C(C)=C/CC/C(C)=C/[C@H]1O[C@H](CCc2ccc(O)c(OC)c2)C[C@@H](C)O1. The van der Waals surface area contributed by atoms with Crippen LogP contribution < -0.4 is 4.74 Å². The molecule has 0 aromatic heterocycles. The van der Waals surface area contributed by atoms with Crippen molar-refractivity contribution in [2.75, 3.05) is 7.11 Å². The zero-order valence-corrected chi connectivity index (χ0v) is 20.2. The molecule has 1 aliphatic rings. The van der Waals surface area contributed by atoms with Crippen LogP contribution in [0.1, 0.15) is 84.6 Å². The number of hydrogen-bond acceptors (Lipinski definition) is 4. The van der Waals surface area contributed by atoms with Gasteiger partial charge in [0.15, 0.2) is 17.8 Å². The average Bonchev–Trinajstić information content (AvgIpc) is 2.73. The number of aromatic hydroxyl groups is 1. The van der Waals surface area contributed by atoms with Gasteiger partial charge in [-0.15, -0.1) is 0 Å². The minimum atomic E-state index is -0.266. The van der Waals surface area contributed by atoms with Crippen LogP contribution in [0.2, 0.25) is 0 Å². The van der Waals surface area contributed by atoms with E-state index in [1.807, 2.05) is 12.1 Å². The first-order chi connectivity index (χ1) is 14.9. The molecule has 1 saturated heterocycles. The molecule has 0 aliphatic carbocycles. The number of aryl methyl sites for hydroxylation is 1. The van der Waals surface area contributed by atoms with Crippen molar-refractivity contribution < 1.29 is 19.3 Å². The van der Waals surface area contributed by atoms with Gasteiger partial charge in [0.2, 0.25) is 0 Å². The van der Waals surface area contributed by atoms with Gasteiger partial charge in [-0.05, 0) is 89.5 Å². The molecule has 174 valence electrons. The first-order valence-corrected chi connectivity index (χ1v) is 11.9. The van der Waals surface area contributed by atoms with Gasteiger partial charge in [-0.25, -0.2) is 0 Å². The molecule has 0 amide bonds. The Bertz CT molecular complexity index is 722. The molecule has 0 saturated carbocycles. The summed E-state index contributed by atoms with van der Waals surface area (Å²) in [6.45, 7) is 8.79. The van der Waals surface area contributed by atoms with Gasteiger partial charge in [0, 0.05) is 0 Å². The van der Waals surface area contributed by atoms with Crippen LogP contribution in [0.5, 0.6) is 11.5 Å². The molecule has 1 heterocycles. The highest BCUT2D eigenvalue weighted by molar-refractivity contribution is 5.41. The summed E-state index contributed by atoms with van der Waals surface area (Å²) in [6.07, 6.45) is 14.5. The third-order valence-corrected chi connectivity index (χ3v) is 5.91. The Morgan fingerprint density at radius 2 is 1.97 bits per heavy atom. The molecule has 31 heavy (non-hydrogen) atoms. The monoisotopic (exact) mass is 430 g/mol. The summed E-state index contributed by atoms with van der Waals surface area (Å²) in [7, 11) is 1.57. The number of phenols is 1. The summed E-state index contributed by atoms with van der Waals surface area (Å²) in [6, 6.07) is 5.54. The molecule has 0 spiro atoms. The fourth-order valence-corrected chi connectivity index (χ4v) is 4.02. The standard InChI is InChI=1S/C27H42O4/c1-6-7-8-10-20(2)11-9-12-21(3)17-27-30-22(4)18-24(31-27)15-13-23-14-16-25(28)26(19-23)29-5/h11,14,16-17,19,22,24,27-28H,6-10,12-13,15,18H2,1-5H3/b20-11+,21-17+/t22-,24-,27-/m1/s1. The summed E-state index contributed by atoms with van der Waals surface area (Å²) in [5.41, 5.74) is 3.96. The number of phenolic OH excluding ortho intramolecular Hbond substituents is 1. The second-order valence-electron chi connectivity index (χ2n) is 8.91. The normalized spacial score (nSPS) is 22.5.